The molecule has 4 nitrogen and oxygen atoms in total. The molecule has 0 radical (unpaired) electrons. The largest absolute Gasteiger partial charge is 0.385 e. The number of hydrogen-bond donors (Lipinski definition) is 1. The maximum atomic E-state index is 13.2. The highest BCUT2D eigenvalue weighted by Gasteiger charge is 2.44. The molecule has 0 saturated heterocycles. The third-order valence-electron chi connectivity index (χ3n) is 4.81. The molecule has 1 rings (SSSR count). The number of benzene rings is 1. The first-order valence-corrected chi connectivity index (χ1v) is 11.6. The Morgan fingerprint density at radius 2 is 1.63 bits per heavy atom. The summed E-state index contributed by atoms with van der Waals surface area (Å²) in [6.45, 7) is 12.3. The molecule has 5 heteroatoms. The van der Waals surface area contributed by atoms with E-state index < -0.39 is 18.6 Å². The lowest BCUT2D eigenvalue weighted by molar-refractivity contribution is -0.0268. The van der Waals surface area contributed by atoms with Gasteiger partial charge in [-0.2, -0.15) is 0 Å². The second-order valence-corrected chi connectivity index (χ2v) is 9.76. The van der Waals surface area contributed by atoms with Crippen LogP contribution in [0.2, 0.25) is 0 Å². The number of unbranched alkanes of at least 4 members (excludes halogenated alkanes) is 1. The van der Waals surface area contributed by atoms with Crippen molar-refractivity contribution in [1.29, 1.82) is 0 Å². The van der Waals surface area contributed by atoms with Crippen LogP contribution in [0.1, 0.15) is 66.4 Å². The van der Waals surface area contributed by atoms with Crippen LogP contribution in [0, 0.1) is 5.41 Å². The van der Waals surface area contributed by atoms with Crippen LogP contribution in [-0.4, -0.2) is 23.9 Å². The van der Waals surface area contributed by atoms with E-state index in [9.17, 15) is 9.67 Å². The van der Waals surface area contributed by atoms with Gasteiger partial charge >= 0.3 is 7.60 Å². The third-order valence-corrected chi connectivity index (χ3v) is 6.67. The van der Waals surface area contributed by atoms with Crippen molar-refractivity contribution in [2.45, 2.75) is 72.8 Å². The minimum absolute atomic E-state index is 0.293. The molecular formula is C22H37O4P. The van der Waals surface area contributed by atoms with Crippen LogP contribution in [0.5, 0.6) is 0 Å². The molecule has 154 valence electrons. The van der Waals surface area contributed by atoms with Gasteiger partial charge in [-0.15, -0.1) is 0 Å². The highest BCUT2D eigenvalue weighted by molar-refractivity contribution is 7.57. The monoisotopic (exact) mass is 396 g/mol. The second-order valence-electron chi connectivity index (χ2n) is 7.91. The van der Waals surface area contributed by atoms with Gasteiger partial charge in [0.25, 0.3) is 0 Å². The molecule has 0 fully saturated rings. The molecule has 0 saturated carbocycles. The number of aliphatic hydroxyl groups is 1. The van der Waals surface area contributed by atoms with Crippen LogP contribution in [0.4, 0.5) is 0 Å². The Morgan fingerprint density at radius 3 is 2.07 bits per heavy atom. The first-order chi connectivity index (χ1) is 12.6. The van der Waals surface area contributed by atoms with E-state index in [-0.39, 0.29) is 0 Å². The highest BCUT2D eigenvalue weighted by Crippen LogP contribution is 2.54. The first-order valence-electron chi connectivity index (χ1n) is 9.99. The van der Waals surface area contributed by atoms with Crippen LogP contribution in [-0.2, 0) is 20.0 Å². The van der Waals surface area contributed by atoms with Gasteiger partial charge in [0, 0.05) is 12.2 Å². The molecular weight excluding hydrogens is 359 g/mol. The molecule has 0 aliphatic rings. The summed E-state index contributed by atoms with van der Waals surface area (Å²) in [6, 6.07) is 9.93. The van der Waals surface area contributed by atoms with E-state index in [4.69, 9.17) is 9.05 Å². The second kappa shape index (κ2) is 10.6. The summed E-state index contributed by atoms with van der Waals surface area (Å²) in [7, 11) is -3.41. The average molecular weight is 397 g/mol. The molecule has 27 heavy (non-hydrogen) atoms. The zero-order chi connectivity index (χ0) is 20.6. The average Bonchev–Trinajstić information content (AvgIpc) is 2.58. The summed E-state index contributed by atoms with van der Waals surface area (Å²) in [6.07, 6.45) is 2.99. The summed E-state index contributed by atoms with van der Waals surface area (Å²) < 4.78 is 24.1. The fourth-order valence-corrected chi connectivity index (χ4v) is 4.83. The maximum absolute atomic E-state index is 13.2. The Bertz CT molecular complexity index is 623. The van der Waals surface area contributed by atoms with Crippen molar-refractivity contribution in [1.82, 2.24) is 0 Å². The van der Waals surface area contributed by atoms with Crippen molar-refractivity contribution in [2.75, 3.05) is 13.2 Å². The normalized spacial score (nSPS) is 15.6. The lowest BCUT2D eigenvalue weighted by Crippen LogP contribution is -2.46. The minimum atomic E-state index is -3.41. The van der Waals surface area contributed by atoms with E-state index in [2.05, 4.69) is 6.92 Å². The summed E-state index contributed by atoms with van der Waals surface area (Å²) in [5.74, 6) is 1.59. The summed E-state index contributed by atoms with van der Waals surface area (Å²) in [5.41, 5.74) is 0.171. The molecule has 1 unspecified atom stereocenters. The predicted octanol–water partition coefficient (Wildman–Crippen LogP) is 6.35. The van der Waals surface area contributed by atoms with Gasteiger partial charge in [0.2, 0.25) is 0 Å². The molecule has 0 amide bonds. The molecule has 0 spiro atoms. The van der Waals surface area contributed by atoms with E-state index in [0.717, 1.165) is 24.0 Å². The predicted molar refractivity (Wildman–Crippen MR) is 113 cm³/mol. The van der Waals surface area contributed by atoms with Gasteiger partial charge < -0.3 is 14.2 Å². The van der Waals surface area contributed by atoms with E-state index >= 15 is 0 Å². The first kappa shape index (κ1) is 24.1. The van der Waals surface area contributed by atoms with E-state index in [0.29, 0.717) is 26.1 Å². The van der Waals surface area contributed by atoms with Gasteiger partial charge in [-0.05, 0) is 43.2 Å². The number of rotatable bonds is 11. The van der Waals surface area contributed by atoms with Crippen molar-refractivity contribution in [2.24, 2.45) is 5.41 Å². The van der Waals surface area contributed by atoms with E-state index in [1.165, 1.54) is 0 Å². The molecule has 1 aromatic rings. The molecule has 0 aliphatic heterocycles. The van der Waals surface area contributed by atoms with Crippen LogP contribution in [0.25, 0.3) is 0 Å². The zero-order valence-electron chi connectivity index (χ0n) is 17.8. The van der Waals surface area contributed by atoms with Crippen LogP contribution in [0.3, 0.4) is 0 Å². The molecule has 0 aromatic heterocycles. The SMILES string of the molecule is CCCC/C(=C\P(=O)(OCC)OCC)C(O)(Cc1ccccc1)C(C)(C)C. The molecule has 1 atom stereocenters. The smallest absolute Gasteiger partial charge is 0.354 e. The zero-order valence-corrected chi connectivity index (χ0v) is 18.7. The Hall–Kier alpha value is -0.930. The van der Waals surface area contributed by atoms with Crippen molar-refractivity contribution in [3.05, 3.63) is 47.3 Å². The summed E-state index contributed by atoms with van der Waals surface area (Å²) >= 11 is 0. The van der Waals surface area contributed by atoms with Gasteiger partial charge in [0.05, 0.1) is 18.8 Å². The van der Waals surface area contributed by atoms with Crippen molar-refractivity contribution in [3.63, 3.8) is 0 Å². The summed E-state index contributed by atoms with van der Waals surface area (Å²) in [5, 5.41) is 11.9. The Balaban J connectivity index is 3.47. The molecule has 1 N–H and O–H groups in total. The Morgan fingerprint density at radius 1 is 1.07 bits per heavy atom. The van der Waals surface area contributed by atoms with Gasteiger partial charge in [-0.25, -0.2) is 0 Å². The van der Waals surface area contributed by atoms with Crippen molar-refractivity contribution in [3.8, 4) is 0 Å². The Kier molecular flexibility index (Phi) is 9.44. The number of hydrogen-bond acceptors (Lipinski definition) is 4. The quantitative estimate of drug-likeness (QED) is 0.443. The fourth-order valence-electron chi connectivity index (χ4n) is 3.16. The lowest BCUT2D eigenvalue weighted by atomic mass is 9.68. The minimum Gasteiger partial charge on any atom is -0.385 e. The third kappa shape index (κ3) is 6.87. The lowest BCUT2D eigenvalue weighted by Gasteiger charge is -2.43. The summed E-state index contributed by atoms with van der Waals surface area (Å²) in [4.78, 5) is 0. The Labute approximate surface area is 165 Å². The van der Waals surface area contributed by atoms with Gasteiger partial charge in [-0.3, -0.25) is 4.57 Å². The van der Waals surface area contributed by atoms with Crippen molar-refractivity contribution < 1.29 is 18.7 Å². The molecule has 0 heterocycles. The molecule has 0 aliphatic carbocycles. The molecule has 0 bridgehead atoms. The van der Waals surface area contributed by atoms with Gasteiger partial charge in [-0.1, -0.05) is 64.4 Å². The van der Waals surface area contributed by atoms with E-state index in [1.54, 1.807) is 19.7 Å². The van der Waals surface area contributed by atoms with Crippen LogP contribution < -0.4 is 0 Å². The van der Waals surface area contributed by atoms with Crippen LogP contribution in [0.15, 0.2) is 41.7 Å². The highest BCUT2D eigenvalue weighted by atomic mass is 31.2. The van der Waals surface area contributed by atoms with Crippen molar-refractivity contribution >= 4 is 7.60 Å². The standard InChI is InChI=1S/C22H37O4P/c1-7-10-16-20(18-27(24,25-8-2)26-9-3)22(23,21(4,5)6)17-19-14-12-11-13-15-19/h11-15,18,23H,7-10,16-17H2,1-6H3/b20-18+. The van der Waals surface area contributed by atoms with Gasteiger partial charge in [0.15, 0.2) is 0 Å². The topological polar surface area (TPSA) is 55.8 Å². The maximum Gasteiger partial charge on any atom is 0.354 e. The fraction of sp³-hybridized carbons (Fsp3) is 0.636. The van der Waals surface area contributed by atoms with Crippen LogP contribution >= 0.6 is 7.60 Å². The van der Waals surface area contributed by atoms with E-state index in [1.807, 2.05) is 51.1 Å². The van der Waals surface area contributed by atoms with Gasteiger partial charge in [0.1, 0.15) is 0 Å². The molecule has 1 aromatic carbocycles.